The second-order valence-electron chi connectivity index (χ2n) is 34.4. The lowest BCUT2D eigenvalue weighted by molar-refractivity contribution is -0.137. The van der Waals surface area contributed by atoms with Crippen LogP contribution in [0, 0.1) is 0 Å². The SMILES string of the molecule is CCCCCCCCCCCCCCCCCCN(CCCCCCCCCCCCCCCCCC)C(=O)C(CCCCNC(=O)CCCC[C@H]1SC[C@@H]2NC(=O)N[C@@H]21)NC(=O)CN(CCCN(CCCCN(CCCNC(=O)OC(C)(C)C)C(=O)OC(C)(C)C)C(=O)OC(C)(C)C)C(=O)OC(C)(C)C. The zero-order valence-corrected chi connectivity index (χ0v) is 70.9. The van der Waals surface area contributed by atoms with E-state index in [1.54, 1.807) is 92.9 Å². The van der Waals surface area contributed by atoms with Crippen molar-refractivity contribution in [1.82, 2.24) is 46.2 Å². The first-order valence-electron chi connectivity index (χ1n) is 42.8. The van der Waals surface area contributed by atoms with Crippen LogP contribution in [0.15, 0.2) is 0 Å². The average molecular weight is 1520 g/mol. The largest absolute Gasteiger partial charge is 0.444 e. The van der Waals surface area contributed by atoms with Crippen molar-refractivity contribution in [2.45, 2.75) is 419 Å². The summed E-state index contributed by atoms with van der Waals surface area (Å²) in [6.07, 6.45) is 44.2. The van der Waals surface area contributed by atoms with E-state index in [0.717, 1.165) is 63.5 Å². The fourth-order valence-corrected chi connectivity index (χ4v) is 15.2. The summed E-state index contributed by atoms with van der Waals surface area (Å²) in [7, 11) is 0. The number of hydrogen-bond acceptors (Lipinski definition) is 13. The highest BCUT2D eigenvalue weighted by Gasteiger charge is 2.42. The number of amides is 9. The van der Waals surface area contributed by atoms with Crippen molar-refractivity contribution in [2.24, 2.45) is 0 Å². The van der Waals surface area contributed by atoms with Crippen molar-refractivity contribution in [3.8, 4) is 0 Å². The van der Waals surface area contributed by atoms with Gasteiger partial charge in [-0.05, 0) is 154 Å². The molecule has 106 heavy (non-hydrogen) atoms. The van der Waals surface area contributed by atoms with Crippen LogP contribution in [0.25, 0.3) is 0 Å². The molecule has 0 saturated carbocycles. The molecule has 0 radical (unpaired) electrons. The summed E-state index contributed by atoms with van der Waals surface area (Å²) in [4.78, 5) is 115. The molecule has 0 aromatic heterocycles. The summed E-state index contributed by atoms with van der Waals surface area (Å²) in [6.45, 7) is 28.7. The minimum Gasteiger partial charge on any atom is -0.444 e. The van der Waals surface area contributed by atoms with Gasteiger partial charge in [-0.15, -0.1) is 0 Å². The molecule has 2 fully saturated rings. The Hall–Kier alpha value is -4.89. The number of nitrogens with one attached hydrogen (secondary N) is 5. The van der Waals surface area contributed by atoms with E-state index in [2.05, 4.69) is 40.4 Å². The van der Waals surface area contributed by atoms with Crippen molar-refractivity contribution in [2.75, 3.05) is 71.2 Å². The highest BCUT2D eigenvalue weighted by Crippen LogP contribution is 2.33. The van der Waals surface area contributed by atoms with Gasteiger partial charge in [0.2, 0.25) is 17.7 Å². The molecule has 21 nitrogen and oxygen atoms in total. The third kappa shape index (κ3) is 52.3. The summed E-state index contributed by atoms with van der Waals surface area (Å²) < 4.78 is 22.9. The number of rotatable bonds is 61. The van der Waals surface area contributed by atoms with E-state index in [4.69, 9.17) is 18.9 Å². The smallest absolute Gasteiger partial charge is 0.410 e. The highest BCUT2D eigenvalue weighted by molar-refractivity contribution is 8.00. The van der Waals surface area contributed by atoms with Gasteiger partial charge >= 0.3 is 30.4 Å². The third-order valence-corrected chi connectivity index (χ3v) is 20.9. The Morgan fingerprint density at radius 1 is 0.406 bits per heavy atom. The van der Waals surface area contributed by atoms with Gasteiger partial charge in [-0.1, -0.05) is 213 Å². The maximum Gasteiger partial charge on any atom is 0.410 e. The predicted octanol–water partition coefficient (Wildman–Crippen LogP) is 19.6. The van der Waals surface area contributed by atoms with Gasteiger partial charge in [0.05, 0.1) is 12.1 Å². The van der Waals surface area contributed by atoms with Crippen LogP contribution < -0.4 is 26.6 Å². The van der Waals surface area contributed by atoms with Crippen LogP contribution in [0.5, 0.6) is 0 Å². The molecule has 2 heterocycles. The molecule has 0 aliphatic carbocycles. The zero-order chi connectivity index (χ0) is 78.5. The van der Waals surface area contributed by atoms with Gasteiger partial charge in [0.25, 0.3) is 0 Å². The molecule has 0 aromatic rings. The molecule has 0 aromatic carbocycles. The van der Waals surface area contributed by atoms with Crippen molar-refractivity contribution in [3.05, 3.63) is 0 Å². The lowest BCUT2D eigenvalue weighted by Crippen LogP contribution is -2.52. The predicted molar refractivity (Wildman–Crippen MR) is 435 cm³/mol. The first-order valence-corrected chi connectivity index (χ1v) is 43.9. The third-order valence-electron chi connectivity index (χ3n) is 19.4. The molecule has 22 heteroatoms. The maximum atomic E-state index is 15.2. The second-order valence-corrected chi connectivity index (χ2v) is 35.7. The first kappa shape index (κ1) is 97.2. The fourth-order valence-electron chi connectivity index (χ4n) is 13.6. The highest BCUT2D eigenvalue weighted by atomic mass is 32.2. The molecule has 0 spiro atoms. The van der Waals surface area contributed by atoms with E-state index in [9.17, 15) is 33.6 Å². The number of thioether (sulfide) groups is 1. The van der Waals surface area contributed by atoms with Crippen LogP contribution in [0.4, 0.5) is 24.0 Å². The number of alkyl carbamates (subject to hydrolysis) is 1. The molecule has 9 amide bonds. The summed E-state index contributed by atoms with van der Waals surface area (Å²) >= 11 is 1.88. The molecule has 618 valence electrons. The number of unbranched alkanes of at least 4 members (excludes halogenated alkanes) is 33. The number of carbonyl (C=O) groups excluding carboxylic acids is 8. The molecule has 1 unspecified atom stereocenters. The standard InChI is InChI=1S/C84H159N9O12S/c1-15-17-19-21-23-25-27-29-31-33-35-37-39-41-43-49-60-90(61-50-44-42-40-38-36-34-32-30-28-26-24-22-20-18-16-2)75(96)69(55-47-48-58-85-72(94)57-46-45-56-71-74-70(68-106-71)88-76(97)89-74)87-73(95)67-93(80(101)105-84(12,13)14)66-54-65-92(79(100)104-83(9,10)11)63-52-51-62-91(78(99)103-82(6,7)8)64-53-59-86-77(98)102-81(3,4)5/h69-71,74H,15-68H2,1-14H3,(H,85,94)(H,86,98)(H,87,95)(H2,88,89,97)/t69?,70-,71+,74-/m0/s1. The van der Waals surface area contributed by atoms with Crippen molar-refractivity contribution >= 4 is 59.9 Å². The van der Waals surface area contributed by atoms with Crippen LogP contribution >= 0.6 is 11.8 Å². The number of urea groups is 1. The summed E-state index contributed by atoms with van der Waals surface area (Å²) in [5.41, 5.74) is -3.08. The summed E-state index contributed by atoms with van der Waals surface area (Å²) in [5.74, 6) is 0.257. The number of nitrogens with zero attached hydrogens (tertiary/aromatic N) is 4. The van der Waals surface area contributed by atoms with E-state index >= 15 is 4.79 Å². The Morgan fingerprint density at radius 2 is 0.774 bits per heavy atom. The molecule has 4 atom stereocenters. The van der Waals surface area contributed by atoms with Crippen molar-refractivity contribution in [3.63, 3.8) is 0 Å². The second kappa shape index (κ2) is 57.2. The minimum atomic E-state index is -0.893. The minimum absolute atomic E-state index is 0.0183. The molecular weight excluding hydrogens is 1360 g/mol. The van der Waals surface area contributed by atoms with E-state index in [1.165, 1.54) is 172 Å². The van der Waals surface area contributed by atoms with Gasteiger partial charge < -0.3 is 60.2 Å². The Bertz CT molecular complexity index is 2340. The van der Waals surface area contributed by atoms with Crippen LogP contribution in [0.2, 0.25) is 0 Å². The number of carbonyl (C=O) groups is 8. The first-order chi connectivity index (χ1) is 50.4. The van der Waals surface area contributed by atoms with Crippen LogP contribution in [0.1, 0.15) is 373 Å². The number of ether oxygens (including phenoxy) is 4. The topological polar surface area (TPSA) is 247 Å². The molecule has 0 bridgehead atoms. The molecule has 2 aliphatic heterocycles. The Morgan fingerprint density at radius 3 is 1.21 bits per heavy atom. The van der Waals surface area contributed by atoms with Crippen LogP contribution in [0.3, 0.4) is 0 Å². The number of fused-ring (bicyclic) bond motifs is 1. The molecule has 2 aliphatic rings. The summed E-state index contributed by atoms with van der Waals surface area (Å²) in [5, 5.41) is 15.4. The molecular formula is C84H159N9O12S. The Kier molecular flexibility index (Phi) is 52.5. The van der Waals surface area contributed by atoms with Gasteiger partial charge in [0, 0.05) is 76.3 Å². The van der Waals surface area contributed by atoms with Crippen molar-refractivity contribution < 1.29 is 57.3 Å². The zero-order valence-electron chi connectivity index (χ0n) is 70.1. The van der Waals surface area contributed by atoms with Gasteiger partial charge in [-0.3, -0.25) is 19.3 Å². The lowest BCUT2D eigenvalue weighted by atomic mass is 10.0. The lowest BCUT2D eigenvalue weighted by Gasteiger charge is -2.31. The van der Waals surface area contributed by atoms with Gasteiger partial charge in [0.15, 0.2) is 0 Å². The normalized spacial score (nSPS) is 15.4. The molecule has 2 saturated heterocycles. The quantitative estimate of drug-likeness (QED) is 0.0216. The van der Waals surface area contributed by atoms with Crippen LogP contribution in [-0.4, -0.2) is 185 Å². The maximum absolute atomic E-state index is 15.2. The van der Waals surface area contributed by atoms with E-state index < -0.39 is 58.7 Å². The number of hydrogen-bond donors (Lipinski definition) is 5. The van der Waals surface area contributed by atoms with Gasteiger partial charge in [0.1, 0.15) is 35.0 Å². The fraction of sp³-hybridized carbons (Fsp3) is 0.905. The molecule has 2 rings (SSSR count). The summed E-state index contributed by atoms with van der Waals surface area (Å²) in [6, 6.07) is -0.666. The average Bonchev–Trinajstić information content (AvgIpc) is 1.67. The van der Waals surface area contributed by atoms with Crippen molar-refractivity contribution in [1.29, 1.82) is 0 Å². The van der Waals surface area contributed by atoms with E-state index in [0.29, 0.717) is 82.9 Å². The monoisotopic (exact) mass is 1520 g/mol. The Labute approximate surface area is 650 Å². The van der Waals surface area contributed by atoms with Crippen LogP contribution in [-0.2, 0) is 33.3 Å². The molecule has 5 N–H and O–H groups in total. The van der Waals surface area contributed by atoms with Gasteiger partial charge in [-0.2, -0.15) is 11.8 Å². The van der Waals surface area contributed by atoms with E-state index in [1.807, 2.05) is 16.7 Å². The van der Waals surface area contributed by atoms with E-state index in [-0.39, 0.29) is 69.1 Å². The Balaban J connectivity index is 2.30. The van der Waals surface area contributed by atoms with Gasteiger partial charge in [-0.25, -0.2) is 24.0 Å².